The first-order valence-corrected chi connectivity index (χ1v) is 7.18. The van der Waals surface area contributed by atoms with E-state index in [2.05, 4.69) is 0 Å². The first-order valence-electron chi connectivity index (χ1n) is 6.81. The highest BCUT2D eigenvalue weighted by Crippen LogP contribution is 2.16. The molecule has 0 atom stereocenters. The average Bonchev–Trinajstić information content (AvgIpc) is 2.45. The molecule has 0 spiro atoms. The molecule has 0 saturated carbocycles. The molecule has 0 aliphatic rings. The van der Waals surface area contributed by atoms with Crippen LogP contribution in [0.1, 0.15) is 19.8 Å². The highest BCUT2D eigenvalue weighted by molar-refractivity contribution is 6.30. The van der Waals surface area contributed by atoms with Crippen LogP contribution in [0.25, 0.3) is 0 Å². The minimum Gasteiger partial charge on any atom is -0.492 e. The van der Waals surface area contributed by atoms with E-state index in [4.69, 9.17) is 21.1 Å². The summed E-state index contributed by atoms with van der Waals surface area (Å²) in [5.41, 5.74) is 0. The van der Waals surface area contributed by atoms with Crippen molar-refractivity contribution in [2.75, 3.05) is 26.8 Å². The summed E-state index contributed by atoms with van der Waals surface area (Å²) in [6.45, 7) is 2.87. The standard InChI is InChI=1S/C15H20ClNO4/c1-3-20-15(19)8-7-14(18)17(2)9-10-21-13-6-4-5-12(16)11-13/h4-6,11H,3,7-10H2,1-2H3. The first kappa shape index (κ1) is 17.3. The summed E-state index contributed by atoms with van der Waals surface area (Å²) in [7, 11) is 1.68. The molecule has 21 heavy (non-hydrogen) atoms. The second-order valence-corrected chi connectivity index (χ2v) is 4.86. The number of likely N-dealkylation sites (N-methyl/N-ethyl adjacent to an activating group) is 1. The van der Waals surface area contributed by atoms with E-state index < -0.39 is 0 Å². The molecule has 116 valence electrons. The molecule has 1 rings (SSSR count). The van der Waals surface area contributed by atoms with Crippen LogP contribution in [-0.2, 0) is 14.3 Å². The lowest BCUT2D eigenvalue weighted by molar-refractivity contribution is -0.145. The number of hydrogen-bond acceptors (Lipinski definition) is 4. The average molecular weight is 314 g/mol. The van der Waals surface area contributed by atoms with E-state index in [1.807, 2.05) is 0 Å². The Morgan fingerprint density at radius 3 is 2.71 bits per heavy atom. The third-order valence-corrected chi connectivity index (χ3v) is 3.00. The van der Waals surface area contributed by atoms with Crippen molar-refractivity contribution in [3.05, 3.63) is 29.3 Å². The molecule has 5 nitrogen and oxygen atoms in total. The Hall–Kier alpha value is -1.75. The van der Waals surface area contributed by atoms with Crippen molar-refractivity contribution in [2.24, 2.45) is 0 Å². The third-order valence-electron chi connectivity index (χ3n) is 2.77. The molecule has 0 heterocycles. The van der Waals surface area contributed by atoms with Gasteiger partial charge in [0.2, 0.25) is 5.91 Å². The summed E-state index contributed by atoms with van der Waals surface area (Å²) in [5, 5.41) is 0.603. The molecule has 0 bridgehead atoms. The van der Waals surface area contributed by atoms with Gasteiger partial charge < -0.3 is 14.4 Å². The summed E-state index contributed by atoms with van der Waals surface area (Å²) in [4.78, 5) is 24.5. The Balaban J connectivity index is 2.25. The maximum absolute atomic E-state index is 11.8. The quantitative estimate of drug-likeness (QED) is 0.692. The zero-order chi connectivity index (χ0) is 15.7. The second kappa shape index (κ2) is 9.23. The van der Waals surface area contributed by atoms with Crippen LogP contribution < -0.4 is 4.74 Å². The van der Waals surface area contributed by atoms with Gasteiger partial charge in [0.05, 0.1) is 19.6 Å². The van der Waals surface area contributed by atoms with Crippen LogP contribution in [-0.4, -0.2) is 43.6 Å². The molecule has 1 amide bonds. The number of esters is 1. The van der Waals surface area contributed by atoms with Gasteiger partial charge in [-0.3, -0.25) is 9.59 Å². The molecule has 0 saturated heterocycles. The van der Waals surface area contributed by atoms with Crippen LogP contribution in [0, 0.1) is 0 Å². The van der Waals surface area contributed by atoms with Crippen LogP contribution in [0.5, 0.6) is 5.75 Å². The third kappa shape index (κ3) is 6.99. The van der Waals surface area contributed by atoms with E-state index in [1.54, 1.807) is 38.2 Å². The maximum Gasteiger partial charge on any atom is 0.306 e. The van der Waals surface area contributed by atoms with Crippen LogP contribution in [0.15, 0.2) is 24.3 Å². The molecule has 0 unspecified atom stereocenters. The lowest BCUT2D eigenvalue weighted by atomic mass is 10.3. The smallest absolute Gasteiger partial charge is 0.306 e. The van der Waals surface area contributed by atoms with E-state index in [9.17, 15) is 9.59 Å². The summed E-state index contributed by atoms with van der Waals surface area (Å²) < 4.78 is 10.3. The predicted octanol–water partition coefficient (Wildman–Crippen LogP) is 2.52. The van der Waals surface area contributed by atoms with Crippen LogP contribution in [0.4, 0.5) is 0 Å². The van der Waals surface area contributed by atoms with Gasteiger partial charge in [-0.05, 0) is 25.1 Å². The van der Waals surface area contributed by atoms with E-state index >= 15 is 0 Å². The van der Waals surface area contributed by atoms with Crippen molar-refractivity contribution < 1.29 is 19.1 Å². The molecule has 0 aliphatic heterocycles. The van der Waals surface area contributed by atoms with Gasteiger partial charge in [-0.15, -0.1) is 0 Å². The number of carbonyl (C=O) groups excluding carboxylic acids is 2. The van der Waals surface area contributed by atoms with Gasteiger partial charge in [0, 0.05) is 18.5 Å². The van der Waals surface area contributed by atoms with E-state index in [1.165, 1.54) is 4.90 Å². The maximum atomic E-state index is 11.8. The normalized spacial score (nSPS) is 10.0. The number of rotatable bonds is 8. The lowest BCUT2D eigenvalue weighted by Crippen LogP contribution is -2.31. The number of hydrogen-bond donors (Lipinski definition) is 0. The summed E-state index contributed by atoms with van der Waals surface area (Å²) >= 11 is 5.85. The topological polar surface area (TPSA) is 55.8 Å². The molecule has 0 aliphatic carbocycles. The Kier molecular flexibility index (Phi) is 7.61. The molecule has 0 N–H and O–H groups in total. The Morgan fingerprint density at radius 1 is 1.29 bits per heavy atom. The summed E-state index contributed by atoms with van der Waals surface area (Å²) in [6.07, 6.45) is 0.249. The fourth-order valence-electron chi connectivity index (χ4n) is 1.61. The molecular formula is C15H20ClNO4. The number of halogens is 1. The molecule has 1 aromatic rings. The van der Waals surface area contributed by atoms with E-state index in [0.29, 0.717) is 30.5 Å². The number of nitrogens with zero attached hydrogens (tertiary/aromatic N) is 1. The van der Waals surface area contributed by atoms with Gasteiger partial charge in [-0.2, -0.15) is 0 Å². The van der Waals surface area contributed by atoms with Crippen molar-refractivity contribution in [1.29, 1.82) is 0 Å². The molecule has 0 aromatic heterocycles. The van der Waals surface area contributed by atoms with Crippen molar-refractivity contribution in [3.63, 3.8) is 0 Å². The molecule has 1 aromatic carbocycles. The van der Waals surface area contributed by atoms with Crippen molar-refractivity contribution >= 4 is 23.5 Å². The van der Waals surface area contributed by atoms with E-state index in [-0.39, 0.29) is 24.7 Å². The van der Waals surface area contributed by atoms with Crippen LogP contribution >= 0.6 is 11.6 Å². The predicted molar refractivity (Wildman–Crippen MR) is 80.5 cm³/mol. The second-order valence-electron chi connectivity index (χ2n) is 4.43. The minimum atomic E-state index is -0.352. The number of amides is 1. The van der Waals surface area contributed by atoms with Crippen LogP contribution in [0.3, 0.4) is 0 Å². The summed E-state index contributed by atoms with van der Waals surface area (Å²) in [6, 6.07) is 7.07. The SMILES string of the molecule is CCOC(=O)CCC(=O)N(C)CCOc1cccc(Cl)c1. The van der Waals surface area contributed by atoms with Gasteiger partial charge in [0.15, 0.2) is 0 Å². The van der Waals surface area contributed by atoms with E-state index in [0.717, 1.165) is 0 Å². The number of carbonyl (C=O) groups is 2. The van der Waals surface area contributed by atoms with Gasteiger partial charge >= 0.3 is 5.97 Å². The van der Waals surface area contributed by atoms with Gasteiger partial charge in [-0.25, -0.2) is 0 Å². The molecule has 0 radical (unpaired) electrons. The zero-order valence-corrected chi connectivity index (χ0v) is 13.1. The Bertz CT molecular complexity index is 478. The van der Waals surface area contributed by atoms with Gasteiger partial charge in [0.1, 0.15) is 12.4 Å². The van der Waals surface area contributed by atoms with Gasteiger partial charge in [-0.1, -0.05) is 17.7 Å². The van der Waals surface area contributed by atoms with Crippen LogP contribution in [0.2, 0.25) is 5.02 Å². The lowest BCUT2D eigenvalue weighted by Gasteiger charge is -2.17. The molecular weight excluding hydrogens is 294 g/mol. The Morgan fingerprint density at radius 2 is 2.05 bits per heavy atom. The Labute approximate surface area is 129 Å². The molecule has 6 heteroatoms. The number of ether oxygens (including phenoxy) is 2. The zero-order valence-electron chi connectivity index (χ0n) is 12.3. The fraction of sp³-hybridized carbons (Fsp3) is 0.467. The minimum absolute atomic E-state index is 0.103. The van der Waals surface area contributed by atoms with Crippen molar-refractivity contribution in [1.82, 2.24) is 4.90 Å². The van der Waals surface area contributed by atoms with Crippen molar-refractivity contribution in [2.45, 2.75) is 19.8 Å². The number of benzene rings is 1. The van der Waals surface area contributed by atoms with Gasteiger partial charge in [0.25, 0.3) is 0 Å². The highest BCUT2D eigenvalue weighted by Gasteiger charge is 2.11. The van der Waals surface area contributed by atoms with Crippen molar-refractivity contribution in [3.8, 4) is 5.75 Å². The highest BCUT2D eigenvalue weighted by atomic mass is 35.5. The molecule has 0 fully saturated rings. The largest absolute Gasteiger partial charge is 0.492 e. The monoisotopic (exact) mass is 313 g/mol. The summed E-state index contributed by atoms with van der Waals surface area (Å²) in [5.74, 6) is 0.196. The fourth-order valence-corrected chi connectivity index (χ4v) is 1.80. The first-order chi connectivity index (χ1) is 10.0.